The summed E-state index contributed by atoms with van der Waals surface area (Å²) in [6, 6.07) is 6.99. The van der Waals surface area contributed by atoms with Crippen molar-refractivity contribution in [1.82, 2.24) is 9.80 Å². The van der Waals surface area contributed by atoms with Gasteiger partial charge in [0.25, 0.3) is 0 Å². The second-order valence-corrected chi connectivity index (χ2v) is 8.66. The quantitative estimate of drug-likeness (QED) is 0.714. The second kappa shape index (κ2) is 8.73. The number of carbonyl (C=O) groups is 1. The van der Waals surface area contributed by atoms with E-state index in [-0.39, 0.29) is 0 Å². The lowest BCUT2D eigenvalue weighted by Gasteiger charge is -2.44. The van der Waals surface area contributed by atoms with E-state index in [4.69, 9.17) is 9.47 Å². The molecule has 3 fully saturated rings. The summed E-state index contributed by atoms with van der Waals surface area (Å²) in [7, 11) is 3.36. The Morgan fingerprint density at radius 2 is 1.86 bits per heavy atom. The maximum Gasteiger partial charge on any atom is 0.237 e. The van der Waals surface area contributed by atoms with Crippen LogP contribution in [0.5, 0.6) is 11.5 Å². The zero-order valence-corrected chi connectivity index (χ0v) is 17.4. The van der Waals surface area contributed by atoms with Crippen molar-refractivity contribution < 1.29 is 14.3 Å². The van der Waals surface area contributed by atoms with Gasteiger partial charge in [0.1, 0.15) is 11.5 Å². The van der Waals surface area contributed by atoms with Crippen LogP contribution in [0.4, 0.5) is 0 Å². The first-order valence-electron chi connectivity index (χ1n) is 10.9. The van der Waals surface area contributed by atoms with Crippen LogP contribution in [0, 0.1) is 5.92 Å². The third kappa shape index (κ3) is 4.29. The number of nitrogens with zero attached hydrogens (tertiary/aromatic N) is 2. The van der Waals surface area contributed by atoms with Crippen molar-refractivity contribution >= 4 is 5.91 Å². The van der Waals surface area contributed by atoms with Crippen LogP contribution < -0.4 is 9.47 Å². The molecule has 2 aliphatic carbocycles. The number of hydrogen-bond donors (Lipinski definition) is 0. The monoisotopic (exact) mass is 386 g/mol. The van der Waals surface area contributed by atoms with Gasteiger partial charge in [-0.05, 0) is 50.5 Å². The first kappa shape index (κ1) is 19.6. The summed E-state index contributed by atoms with van der Waals surface area (Å²) in [6.45, 7) is 2.24. The van der Waals surface area contributed by atoms with Crippen molar-refractivity contribution in [2.75, 3.05) is 27.3 Å². The summed E-state index contributed by atoms with van der Waals surface area (Å²) in [5.41, 5.74) is 1.12. The molecule has 0 spiro atoms. The second-order valence-electron chi connectivity index (χ2n) is 8.66. The molecule has 5 nitrogen and oxygen atoms in total. The number of rotatable bonds is 7. The van der Waals surface area contributed by atoms with Crippen molar-refractivity contribution in [3.8, 4) is 11.5 Å². The predicted octanol–water partition coefficient (Wildman–Crippen LogP) is 3.85. The number of carbonyl (C=O) groups excluding carboxylic acids is 1. The van der Waals surface area contributed by atoms with Crippen LogP contribution in [-0.2, 0) is 11.3 Å². The lowest BCUT2D eigenvalue weighted by Crippen LogP contribution is -2.52. The number of likely N-dealkylation sites (tertiary alicyclic amines) is 1. The molecule has 5 heteroatoms. The summed E-state index contributed by atoms with van der Waals surface area (Å²) in [6.07, 6.45) is 9.99. The third-order valence-corrected chi connectivity index (χ3v) is 6.83. The number of methoxy groups -OCH3 is 2. The standard InChI is InChI=1S/C23H34N2O3/c1-27-20-12-9-18(22(14-20)28-2)15-24(19-10-11-19)16-23(26)25-13-5-7-17-6-3-4-8-21(17)25/h9,12,14,17,19,21H,3-8,10-11,13,15-16H2,1-2H3/t17?,21-/m0/s1. The fraction of sp³-hybridized carbons (Fsp3) is 0.696. The van der Waals surface area contributed by atoms with E-state index in [1.54, 1.807) is 14.2 Å². The Morgan fingerprint density at radius 1 is 1.07 bits per heavy atom. The number of amides is 1. The molecular formula is C23H34N2O3. The largest absolute Gasteiger partial charge is 0.497 e. The van der Waals surface area contributed by atoms with Gasteiger partial charge in [0, 0.05) is 36.8 Å². The molecule has 1 aromatic rings. The number of benzene rings is 1. The van der Waals surface area contributed by atoms with Gasteiger partial charge in [-0.15, -0.1) is 0 Å². The zero-order chi connectivity index (χ0) is 19.5. The molecular weight excluding hydrogens is 352 g/mol. The normalized spacial score (nSPS) is 24.8. The maximum absolute atomic E-state index is 13.3. The smallest absolute Gasteiger partial charge is 0.237 e. The van der Waals surface area contributed by atoms with Crippen LogP contribution >= 0.6 is 0 Å². The molecule has 1 unspecified atom stereocenters. The van der Waals surface area contributed by atoms with Crippen molar-refractivity contribution in [1.29, 1.82) is 0 Å². The highest BCUT2D eigenvalue weighted by molar-refractivity contribution is 5.79. The molecule has 3 aliphatic rings. The van der Waals surface area contributed by atoms with Crippen molar-refractivity contribution in [3.05, 3.63) is 23.8 Å². The molecule has 0 N–H and O–H groups in total. The van der Waals surface area contributed by atoms with E-state index in [2.05, 4.69) is 15.9 Å². The molecule has 0 aromatic heterocycles. The van der Waals surface area contributed by atoms with Crippen molar-refractivity contribution in [2.45, 2.75) is 70.0 Å². The fourth-order valence-corrected chi connectivity index (χ4v) is 5.15. The molecule has 2 atom stereocenters. The zero-order valence-electron chi connectivity index (χ0n) is 17.4. The number of piperidine rings is 1. The molecule has 154 valence electrons. The van der Waals surface area contributed by atoms with Gasteiger partial charge in [-0.25, -0.2) is 0 Å². The molecule has 0 bridgehead atoms. The minimum absolute atomic E-state index is 0.330. The van der Waals surface area contributed by atoms with E-state index in [9.17, 15) is 4.79 Å². The summed E-state index contributed by atoms with van der Waals surface area (Å²) >= 11 is 0. The Balaban J connectivity index is 1.45. The highest BCUT2D eigenvalue weighted by atomic mass is 16.5. The summed E-state index contributed by atoms with van der Waals surface area (Å²) in [4.78, 5) is 17.9. The average Bonchev–Trinajstić information content (AvgIpc) is 3.58. The van der Waals surface area contributed by atoms with E-state index in [1.165, 1.54) is 51.4 Å². The number of fused-ring (bicyclic) bond motifs is 1. The SMILES string of the molecule is COc1ccc(CN(CC(=O)N2CCCC3CCCC[C@@H]32)C2CC2)c(OC)c1. The van der Waals surface area contributed by atoms with Gasteiger partial charge in [0.05, 0.1) is 20.8 Å². The minimum atomic E-state index is 0.330. The first-order valence-corrected chi connectivity index (χ1v) is 10.9. The summed E-state index contributed by atoms with van der Waals surface area (Å²) in [5.74, 6) is 2.70. The van der Waals surface area contributed by atoms with Gasteiger partial charge in [0.15, 0.2) is 0 Å². The van der Waals surface area contributed by atoms with E-state index in [1.807, 2.05) is 12.1 Å². The van der Waals surface area contributed by atoms with Crippen LogP contribution in [-0.4, -0.2) is 55.1 Å². The van der Waals surface area contributed by atoms with Gasteiger partial charge in [-0.1, -0.05) is 18.9 Å². The van der Waals surface area contributed by atoms with Gasteiger partial charge in [-0.3, -0.25) is 9.69 Å². The van der Waals surface area contributed by atoms with Crippen LogP contribution in [0.2, 0.25) is 0 Å². The van der Waals surface area contributed by atoms with Crippen LogP contribution in [0.1, 0.15) is 56.9 Å². The average molecular weight is 387 g/mol. The molecule has 1 aromatic carbocycles. The molecule has 2 saturated carbocycles. The fourth-order valence-electron chi connectivity index (χ4n) is 5.15. The van der Waals surface area contributed by atoms with Gasteiger partial charge in [-0.2, -0.15) is 0 Å². The van der Waals surface area contributed by atoms with E-state index in [0.717, 1.165) is 36.1 Å². The Kier molecular flexibility index (Phi) is 6.10. The predicted molar refractivity (Wildman–Crippen MR) is 110 cm³/mol. The highest BCUT2D eigenvalue weighted by Gasteiger charge is 2.38. The van der Waals surface area contributed by atoms with Gasteiger partial charge in [0.2, 0.25) is 5.91 Å². The molecule has 1 aliphatic heterocycles. The lowest BCUT2D eigenvalue weighted by molar-refractivity contribution is -0.139. The van der Waals surface area contributed by atoms with Crippen molar-refractivity contribution in [2.24, 2.45) is 5.92 Å². The van der Waals surface area contributed by atoms with E-state index in [0.29, 0.717) is 24.5 Å². The third-order valence-electron chi connectivity index (χ3n) is 6.83. The van der Waals surface area contributed by atoms with Crippen LogP contribution in [0.25, 0.3) is 0 Å². The highest BCUT2D eigenvalue weighted by Crippen LogP contribution is 2.36. The Labute approximate surface area is 169 Å². The molecule has 0 radical (unpaired) electrons. The molecule has 4 rings (SSSR count). The molecule has 1 heterocycles. The van der Waals surface area contributed by atoms with E-state index >= 15 is 0 Å². The summed E-state index contributed by atoms with van der Waals surface area (Å²) < 4.78 is 10.9. The Bertz CT molecular complexity index is 686. The minimum Gasteiger partial charge on any atom is -0.497 e. The molecule has 1 saturated heterocycles. The lowest BCUT2D eigenvalue weighted by atomic mass is 9.78. The van der Waals surface area contributed by atoms with Gasteiger partial charge < -0.3 is 14.4 Å². The maximum atomic E-state index is 13.3. The number of hydrogen-bond acceptors (Lipinski definition) is 4. The molecule has 1 amide bonds. The van der Waals surface area contributed by atoms with Crippen molar-refractivity contribution in [3.63, 3.8) is 0 Å². The Hall–Kier alpha value is -1.75. The number of ether oxygens (including phenoxy) is 2. The van der Waals surface area contributed by atoms with Gasteiger partial charge >= 0.3 is 0 Å². The van der Waals surface area contributed by atoms with Crippen LogP contribution in [0.3, 0.4) is 0 Å². The first-order chi connectivity index (χ1) is 13.7. The van der Waals surface area contributed by atoms with Crippen LogP contribution in [0.15, 0.2) is 18.2 Å². The van der Waals surface area contributed by atoms with E-state index < -0.39 is 0 Å². The Morgan fingerprint density at radius 3 is 2.61 bits per heavy atom. The topological polar surface area (TPSA) is 42.0 Å². The summed E-state index contributed by atoms with van der Waals surface area (Å²) in [5, 5.41) is 0. The molecule has 28 heavy (non-hydrogen) atoms.